The Morgan fingerprint density at radius 2 is 1.83 bits per heavy atom. The van der Waals surface area contributed by atoms with E-state index in [2.05, 4.69) is 11.1 Å². The highest BCUT2D eigenvalue weighted by Crippen LogP contribution is 2.52. The maximum atomic E-state index is 14.0. The summed E-state index contributed by atoms with van der Waals surface area (Å²) in [6.07, 6.45) is 5.80. The zero-order chi connectivity index (χ0) is 32.7. The second-order valence-electron chi connectivity index (χ2n) is 12.6. The molecule has 4 atom stereocenters. The molecule has 0 unspecified atom stereocenters. The van der Waals surface area contributed by atoms with Crippen LogP contribution in [0.15, 0.2) is 71.9 Å². The quantitative estimate of drug-likeness (QED) is 0.169. The van der Waals surface area contributed by atoms with E-state index in [9.17, 15) is 29.8 Å². The topological polar surface area (TPSA) is 140 Å². The zero-order valence-corrected chi connectivity index (χ0v) is 26.3. The van der Waals surface area contributed by atoms with E-state index in [1.165, 1.54) is 17.0 Å². The van der Waals surface area contributed by atoms with Crippen LogP contribution in [0.4, 0.5) is 5.69 Å². The third-order valence-electron chi connectivity index (χ3n) is 9.69. The highest BCUT2D eigenvalue weighted by Gasteiger charge is 2.57. The fourth-order valence-corrected chi connectivity index (χ4v) is 7.57. The molecule has 46 heavy (non-hydrogen) atoms. The number of amides is 2. The van der Waals surface area contributed by atoms with Gasteiger partial charge in [-0.15, -0.1) is 0 Å². The van der Waals surface area contributed by atoms with Gasteiger partial charge in [-0.1, -0.05) is 30.7 Å². The SMILES string of the molecule is CCC1=C2[C@@H](CC/C(=C/c3cc(C)c(O)c(C)c3)c3ccccn3)OB(O)C[C@@H]2[C@@H]2C(=O)N(c3cccc(B(O)O)c3)C(=O)[C@@H]2C1. The first-order valence-electron chi connectivity index (χ1n) is 15.9. The molecule has 4 N–H and O–H groups in total. The third kappa shape index (κ3) is 5.96. The van der Waals surface area contributed by atoms with Crippen LogP contribution in [0.1, 0.15) is 55.0 Å². The van der Waals surface area contributed by atoms with Crippen LogP contribution in [0.25, 0.3) is 11.6 Å². The van der Waals surface area contributed by atoms with Gasteiger partial charge in [0.05, 0.1) is 29.3 Å². The fourth-order valence-electron chi connectivity index (χ4n) is 7.57. The van der Waals surface area contributed by atoms with Crippen molar-refractivity contribution in [3.8, 4) is 5.75 Å². The number of carbonyl (C=O) groups excluding carboxylic acids is 2. The van der Waals surface area contributed by atoms with E-state index in [0.717, 1.165) is 39.1 Å². The predicted molar refractivity (Wildman–Crippen MR) is 178 cm³/mol. The summed E-state index contributed by atoms with van der Waals surface area (Å²) in [7, 11) is -2.82. The van der Waals surface area contributed by atoms with Gasteiger partial charge in [0.25, 0.3) is 0 Å². The number of allylic oxidation sites excluding steroid dienone is 2. The molecule has 236 valence electrons. The lowest BCUT2D eigenvalue weighted by molar-refractivity contribution is -0.122. The molecule has 2 saturated heterocycles. The van der Waals surface area contributed by atoms with Gasteiger partial charge in [-0.05, 0) is 128 Å². The summed E-state index contributed by atoms with van der Waals surface area (Å²) >= 11 is 0. The molecule has 0 bridgehead atoms. The first-order valence-corrected chi connectivity index (χ1v) is 15.9. The van der Waals surface area contributed by atoms with E-state index in [-0.39, 0.29) is 35.3 Å². The van der Waals surface area contributed by atoms with Crippen molar-refractivity contribution in [2.24, 2.45) is 17.8 Å². The summed E-state index contributed by atoms with van der Waals surface area (Å²) in [6.45, 7) is 5.78. The highest BCUT2D eigenvalue weighted by atomic mass is 16.5. The first-order chi connectivity index (χ1) is 22.1. The molecule has 2 amide bonds. The highest BCUT2D eigenvalue weighted by molar-refractivity contribution is 6.58. The molecule has 2 fully saturated rings. The Hall–Kier alpha value is -4.02. The first kappa shape index (κ1) is 31.9. The van der Waals surface area contributed by atoms with Crippen molar-refractivity contribution in [2.75, 3.05) is 4.90 Å². The number of phenolic OH excluding ortho intramolecular Hbond substituents is 1. The van der Waals surface area contributed by atoms with Gasteiger partial charge in [-0.3, -0.25) is 19.5 Å². The van der Waals surface area contributed by atoms with Crippen LogP contribution < -0.4 is 10.4 Å². The van der Waals surface area contributed by atoms with Gasteiger partial charge in [0, 0.05) is 6.20 Å². The average molecular weight is 620 g/mol. The van der Waals surface area contributed by atoms with Crippen LogP contribution in [-0.4, -0.2) is 57.3 Å². The Balaban J connectivity index is 1.32. The number of carbonyl (C=O) groups is 2. The molecule has 1 aromatic heterocycles. The van der Waals surface area contributed by atoms with Crippen molar-refractivity contribution in [3.05, 3.63) is 94.3 Å². The minimum Gasteiger partial charge on any atom is -0.507 e. The number of aryl methyl sites for hydroxylation is 2. The Morgan fingerprint density at radius 3 is 2.50 bits per heavy atom. The van der Waals surface area contributed by atoms with Crippen molar-refractivity contribution >= 4 is 48.9 Å². The summed E-state index contributed by atoms with van der Waals surface area (Å²) in [5.74, 6) is -1.93. The van der Waals surface area contributed by atoms with Gasteiger partial charge in [0.15, 0.2) is 0 Å². The van der Waals surface area contributed by atoms with Gasteiger partial charge < -0.3 is 24.8 Å². The Bertz CT molecular complexity index is 1700. The number of hydrogen-bond donors (Lipinski definition) is 4. The Labute approximate surface area is 269 Å². The minimum absolute atomic E-state index is 0.192. The molecule has 3 aliphatic rings. The molecule has 2 aromatic carbocycles. The summed E-state index contributed by atoms with van der Waals surface area (Å²) in [5, 5.41) is 40.7. The lowest BCUT2D eigenvalue weighted by atomic mass is 9.58. The van der Waals surface area contributed by atoms with E-state index >= 15 is 0 Å². The number of aromatic hydroxyl groups is 1. The van der Waals surface area contributed by atoms with Gasteiger partial charge in [-0.25, -0.2) is 0 Å². The Kier molecular flexibility index (Phi) is 9.03. The van der Waals surface area contributed by atoms with E-state index in [1.54, 1.807) is 18.3 Å². The normalized spacial score (nSPS) is 23.1. The number of rotatable bonds is 8. The Morgan fingerprint density at radius 1 is 1.07 bits per heavy atom. The largest absolute Gasteiger partial charge is 0.507 e. The van der Waals surface area contributed by atoms with Crippen molar-refractivity contribution in [3.63, 3.8) is 0 Å². The molecular formula is C35H38B2N2O7. The van der Waals surface area contributed by atoms with Crippen LogP contribution in [0.5, 0.6) is 5.75 Å². The van der Waals surface area contributed by atoms with E-state index < -0.39 is 32.2 Å². The maximum absolute atomic E-state index is 14.0. The number of pyridine rings is 1. The minimum atomic E-state index is -1.73. The molecule has 2 aliphatic heterocycles. The maximum Gasteiger partial charge on any atom is 0.488 e. The molecule has 3 aromatic rings. The van der Waals surface area contributed by atoms with Gasteiger partial charge in [-0.2, -0.15) is 0 Å². The number of nitrogens with zero attached hydrogens (tertiary/aromatic N) is 2. The number of aromatic nitrogens is 1. The molecule has 0 spiro atoms. The monoisotopic (exact) mass is 620 g/mol. The number of imide groups is 1. The summed E-state index contributed by atoms with van der Waals surface area (Å²) in [4.78, 5) is 33.6. The van der Waals surface area contributed by atoms with Crippen LogP contribution in [0, 0.1) is 31.6 Å². The van der Waals surface area contributed by atoms with Crippen LogP contribution in [0.3, 0.4) is 0 Å². The molecule has 6 rings (SSSR count). The summed E-state index contributed by atoms with van der Waals surface area (Å²) in [5.41, 5.74) is 6.89. The molecule has 0 saturated carbocycles. The summed E-state index contributed by atoms with van der Waals surface area (Å²) in [6, 6.07) is 15.8. The van der Waals surface area contributed by atoms with Gasteiger partial charge >= 0.3 is 14.2 Å². The number of fused-ring (bicyclic) bond motifs is 3. The molecule has 11 heteroatoms. The van der Waals surface area contributed by atoms with Gasteiger partial charge in [0.2, 0.25) is 11.8 Å². The molecular weight excluding hydrogens is 582 g/mol. The standard InChI is InChI=1S/C35H38B2N2O7/c1-4-23-17-27-32(35(42)39(34(27)41)26-9-7-8-25(18-26)37(44)45)28-19-36(43)46-30(31(23)28)12-11-24(29-10-5-6-13-38-29)16-22-14-20(2)33(40)21(3)15-22/h5-10,13-16,18,27-28,30,32,40,43-45H,4,11-12,17,19H2,1-3H3/b24-16-/t27-,28+,30-,32-/m1/s1. The molecule has 3 heterocycles. The number of phenols is 1. The third-order valence-corrected chi connectivity index (χ3v) is 9.69. The fraction of sp³-hybridized carbons (Fsp3) is 0.343. The smallest absolute Gasteiger partial charge is 0.488 e. The second-order valence-corrected chi connectivity index (χ2v) is 12.6. The lowest BCUT2D eigenvalue weighted by Crippen LogP contribution is -2.46. The second kappa shape index (κ2) is 13.0. The van der Waals surface area contributed by atoms with Crippen LogP contribution in [-0.2, 0) is 14.2 Å². The van der Waals surface area contributed by atoms with Crippen LogP contribution >= 0.6 is 0 Å². The van der Waals surface area contributed by atoms with Gasteiger partial charge in [0.1, 0.15) is 5.75 Å². The van der Waals surface area contributed by atoms with Crippen LogP contribution in [0.2, 0.25) is 6.32 Å². The predicted octanol–water partition coefficient (Wildman–Crippen LogP) is 3.82. The van der Waals surface area contributed by atoms with E-state index in [1.807, 2.05) is 51.1 Å². The van der Waals surface area contributed by atoms with E-state index in [4.69, 9.17) is 4.65 Å². The van der Waals surface area contributed by atoms with Crippen molar-refractivity contribution in [1.82, 2.24) is 4.98 Å². The zero-order valence-electron chi connectivity index (χ0n) is 26.3. The lowest BCUT2D eigenvalue weighted by Gasteiger charge is -2.43. The van der Waals surface area contributed by atoms with E-state index in [0.29, 0.717) is 31.4 Å². The number of anilines is 1. The van der Waals surface area contributed by atoms with Crippen molar-refractivity contribution in [1.29, 1.82) is 0 Å². The number of hydrogen-bond acceptors (Lipinski definition) is 8. The summed E-state index contributed by atoms with van der Waals surface area (Å²) < 4.78 is 6.19. The average Bonchev–Trinajstić information content (AvgIpc) is 3.30. The number of benzene rings is 2. The molecule has 0 radical (unpaired) electrons. The molecule has 1 aliphatic carbocycles. The van der Waals surface area contributed by atoms with Crippen molar-refractivity contribution < 1.29 is 34.4 Å². The van der Waals surface area contributed by atoms with Crippen molar-refractivity contribution in [2.45, 2.75) is 58.9 Å². The molecule has 9 nitrogen and oxygen atoms in total.